The first-order chi connectivity index (χ1) is 7.45. The second kappa shape index (κ2) is 5.47. The van der Waals surface area contributed by atoms with Crippen LogP contribution in [0.2, 0.25) is 0 Å². The zero-order chi connectivity index (χ0) is 12.2. The van der Waals surface area contributed by atoms with Gasteiger partial charge >= 0.3 is 0 Å². The Bertz CT molecular complexity index is 425. The smallest absolute Gasteiger partial charge is 0.242 e. The second-order valence-electron chi connectivity index (χ2n) is 4.03. The van der Waals surface area contributed by atoms with E-state index >= 15 is 0 Å². The van der Waals surface area contributed by atoms with Gasteiger partial charge in [0.2, 0.25) is 10.0 Å². The van der Waals surface area contributed by atoms with Crippen molar-refractivity contribution >= 4 is 10.0 Å². The maximum absolute atomic E-state index is 11.8. The number of rotatable bonds is 6. The van der Waals surface area contributed by atoms with Gasteiger partial charge in [0.25, 0.3) is 0 Å². The zero-order valence-corrected chi connectivity index (χ0v) is 10.7. The molecular weight excluding hydrogens is 226 g/mol. The van der Waals surface area contributed by atoms with Crippen LogP contribution in [0.1, 0.15) is 6.92 Å². The van der Waals surface area contributed by atoms with E-state index in [2.05, 4.69) is 10.0 Å². The van der Waals surface area contributed by atoms with E-state index in [0.29, 0.717) is 11.4 Å². The van der Waals surface area contributed by atoms with Gasteiger partial charge in [0.1, 0.15) is 0 Å². The molecule has 0 aliphatic carbocycles. The fourth-order valence-electron chi connectivity index (χ4n) is 1.39. The zero-order valence-electron chi connectivity index (χ0n) is 9.90. The average Bonchev–Trinajstić information content (AvgIpc) is 2.63. The number of nitrogens with one attached hydrogen (secondary N) is 2. The highest BCUT2D eigenvalue weighted by Gasteiger charge is 2.15. The predicted octanol–water partition coefficient (Wildman–Crippen LogP) is 0.159. The van der Waals surface area contributed by atoms with E-state index in [1.165, 1.54) is 0 Å². The molecule has 0 spiro atoms. The molecule has 92 valence electrons. The van der Waals surface area contributed by atoms with Gasteiger partial charge in [0, 0.05) is 26.0 Å². The Morgan fingerprint density at radius 1 is 1.44 bits per heavy atom. The average molecular weight is 245 g/mol. The third kappa shape index (κ3) is 3.62. The van der Waals surface area contributed by atoms with Crippen molar-refractivity contribution in [2.24, 2.45) is 13.0 Å². The van der Waals surface area contributed by atoms with E-state index < -0.39 is 10.0 Å². The molecule has 6 heteroatoms. The Kier molecular flexibility index (Phi) is 4.52. The fraction of sp³-hybridized carbons (Fsp3) is 0.600. The Balaban J connectivity index is 2.59. The third-order valence-electron chi connectivity index (χ3n) is 2.29. The minimum Gasteiger partial charge on any atom is -0.356 e. The van der Waals surface area contributed by atoms with Gasteiger partial charge in [-0.15, -0.1) is 0 Å². The number of aromatic nitrogens is 1. The minimum atomic E-state index is -3.35. The normalized spacial score (nSPS) is 13.9. The standard InChI is InChI=1S/C10H19N3O2S/c1-9(6-11-2)7-12-16(14,15)10-4-5-13(3)8-10/h4-5,8-9,11-12H,6-7H2,1-3H3. The molecule has 0 fully saturated rings. The number of sulfonamides is 1. The lowest BCUT2D eigenvalue weighted by Crippen LogP contribution is -2.32. The fourth-order valence-corrected chi connectivity index (χ4v) is 2.61. The molecule has 1 unspecified atom stereocenters. The van der Waals surface area contributed by atoms with Crippen molar-refractivity contribution in [3.05, 3.63) is 18.5 Å². The molecule has 0 saturated carbocycles. The molecule has 1 aromatic heterocycles. The molecule has 0 bridgehead atoms. The van der Waals surface area contributed by atoms with Crippen LogP contribution in [0.15, 0.2) is 23.4 Å². The first kappa shape index (κ1) is 13.2. The summed E-state index contributed by atoms with van der Waals surface area (Å²) in [5.41, 5.74) is 0. The monoisotopic (exact) mass is 245 g/mol. The molecule has 0 amide bonds. The van der Waals surface area contributed by atoms with Gasteiger partial charge in [0.05, 0.1) is 4.90 Å². The Hall–Kier alpha value is -0.850. The highest BCUT2D eigenvalue weighted by Crippen LogP contribution is 2.08. The van der Waals surface area contributed by atoms with Crippen LogP contribution >= 0.6 is 0 Å². The molecule has 0 saturated heterocycles. The van der Waals surface area contributed by atoms with Gasteiger partial charge in [-0.1, -0.05) is 6.92 Å². The molecule has 0 aliphatic rings. The van der Waals surface area contributed by atoms with Crippen LogP contribution in [-0.2, 0) is 17.1 Å². The van der Waals surface area contributed by atoms with Gasteiger partial charge in [-0.05, 0) is 25.6 Å². The summed E-state index contributed by atoms with van der Waals surface area (Å²) in [5.74, 6) is 0.267. The molecule has 16 heavy (non-hydrogen) atoms. The Labute approximate surface area is 96.9 Å². The van der Waals surface area contributed by atoms with E-state index in [1.54, 1.807) is 30.1 Å². The number of aryl methyl sites for hydroxylation is 1. The van der Waals surface area contributed by atoms with Crippen molar-refractivity contribution in [2.45, 2.75) is 11.8 Å². The van der Waals surface area contributed by atoms with Crippen LogP contribution in [0.4, 0.5) is 0 Å². The van der Waals surface area contributed by atoms with Gasteiger partial charge in [0.15, 0.2) is 0 Å². The molecule has 1 heterocycles. The maximum atomic E-state index is 11.8. The number of hydrogen-bond donors (Lipinski definition) is 2. The van der Waals surface area contributed by atoms with Crippen molar-refractivity contribution in [1.29, 1.82) is 0 Å². The van der Waals surface area contributed by atoms with Crippen LogP contribution in [-0.4, -0.2) is 33.1 Å². The van der Waals surface area contributed by atoms with Crippen LogP contribution in [0.3, 0.4) is 0 Å². The largest absolute Gasteiger partial charge is 0.356 e. The van der Waals surface area contributed by atoms with E-state index in [1.807, 2.05) is 14.0 Å². The third-order valence-corrected chi connectivity index (χ3v) is 3.70. The van der Waals surface area contributed by atoms with Crippen molar-refractivity contribution in [3.63, 3.8) is 0 Å². The van der Waals surface area contributed by atoms with E-state index in [-0.39, 0.29) is 5.92 Å². The van der Waals surface area contributed by atoms with E-state index in [9.17, 15) is 8.42 Å². The summed E-state index contributed by atoms with van der Waals surface area (Å²) >= 11 is 0. The first-order valence-corrected chi connectivity index (χ1v) is 6.70. The SMILES string of the molecule is CNCC(C)CNS(=O)(=O)c1ccn(C)c1. The lowest BCUT2D eigenvalue weighted by atomic mass is 10.2. The van der Waals surface area contributed by atoms with Gasteiger partial charge in [-0.3, -0.25) is 0 Å². The molecule has 1 rings (SSSR count). The summed E-state index contributed by atoms with van der Waals surface area (Å²) in [5, 5.41) is 3.01. The van der Waals surface area contributed by atoms with Gasteiger partial charge in [-0.2, -0.15) is 0 Å². The number of hydrogen-bond acceptors (Lipinski definition) is 3. The topological polar surface area (TPSA) is 63.1 Å². The molecule has 1 atom stereocenters. The van der Waals surface area contributed by atoms with Crippen molar-refractivity contribution in [1.82, 2.24) is 14.6 Å². The molecule has 0 aromatic carbocycles. The maximum Gasteiger partial charge on any atom is 0.242 e. The Morgan fingerprint density at radius 2 is 2.12 bits per heavy atom. The Morgan fingerprint density at radius 3 is 2.62 bits per heavy atom. The highest BCUT2D eigenvalue weighted by atomic mass is 32.2. The van der Waals surface area contributed by atoms with Crippen molar-refractivity contribution in [2.75, 3.05) is 20.1 Å². The second-order valence-corrected chi connectivity index (χ2v) is 5.79. The van der Waals surface area contributed by atoms with Crippen LogP contribution < -0.4 is 10.0 Å². The summed E-state index contributed by atoms with van der Waals surface area (Å²) in [7, 11) is 0.292. The predicted molar refractivity (Wildman–Crippen MR) is 63.7 cm³/mol. The van der Waals surface area contributed by atoms with Crippen LogP contribution in [0.5, 0.6) is 0 Å². The number of nitrogens with zero attached hydrogens (tertiary/aromatic N) is 1. The van der Waals surface area contributed by atoms with Gasteiger partial charge < -0.3 is 9.88 Å². The summed E-state index contributed by atoms with van der Waals surface area (Å²) in [6.45, 7) is 3.22. The van der Waals surface area contributed by atoms with Gasteiger partial charge in [-0.25, -0.2) is 13.1 Å². The molecular formula is C10H19N3O2S. The van der Waals surface area contributed by atoms with E-state index in [0.717, 1.165) is 6.54 Å². The molecule has 1 aromatic rings. The molecule has 0 aliphatic heterocycles. The summed E-state index contributed by atoms with van der Waals surface area (Å²) in [6, 6.07) is 1.59. The highest BCUT2D eigenvalue weighted by molar-refractivity contribution is 7.89. The first-order valence-electron chi connectivity index (χ1n) is 5.22. The molecule has 2 N–H and O–H groups in total. The summed E-state index contributed by atoms with van der Waals surface area (Å²) < 4.78 is 27.9. The van der Waals surface area contributed by atoms with Crippen molar-refractivity contribution < 1.29 is 8.42 Å². The molecule has 0 radical (unpaired) electrons. The minimum absolute atomic E-state index is 0.267. The summed E-state index contributed by atoms with van der Waals surface area (Å²) in [6.07, 6.45) is 3.30. The van der Waals surface area contributed by atoms with E-state index in [4.69, 9.17) is 0 Å². The lowest BCUT2D eigenvalue weighted by Gasteiger charge is -2.11. The van der Waals surface area contributed by atoms with Crippen molar-refractivity contribution in [3.8, 4) is 0 Å². The molecule has 5 nitrogen and oxygen atoms in total. The summed E-state index contributed by atoms with van der Waals surface area (Å²) in [4.78, 5) is 0.312. The lowest BCUT2D eigenvalue weighted by molar-refractivity contribution is 0.519. The quantitative estimate of drug-likeness (QED) is 0.750. The van der Waals surface area contributed by atoms with Crippen LogP contribution in [0.25, 0.3) is 0 Å². The van der Waals surface area contributed by atoms with Crippen LogP contribution in [0, 0.1) is 5.92 Å².